The van der Waals surface area contributed by atoms with E-state index in [0.717, 1.165) is 17.5 Å². The number of rotatable bonds is 4. The molecular weight excluding hydrogens is 214 g/mol. The van der Waals surface area contributed by atoms with Gasteiger partial charge >= 0.3 is 5.97 Å². The van der Waals surface area contributed by atoms with Gasteiger partial charge in [0.25, 0.3) is 0 Å². The van der Waals surface area contributed by atoms with Crippen molar-refractivity contribution in [2.45, 2.75) is 20.0 Å². The average molecular weight is 229 g/mol. The highest BCUT2D eigenvalue weighted by Crippen LogP contribution is 2.07. The summed E-state index contributed by atoms with van der Waals surface area (Å²) in [5.74, 6) is -0.312. The van der Waals surface area contributed by atoms with Crippen LogP contribution in [0.4, 0.5) is 0 Å². The van der Waals surface area contributed by atoms with E-state index in [4.69, 9.17) is 4.74 Å². The quantitative estimate of drug-likeness (QED) is 0.819. The second kappa shape index (κ2) is 5.34. The summed E-state index contributed by atoms with van der Waals surface area (Å²) in [5, 5.41) is 0. The lowest BCUT2D eigenvalue weighted by molar-refractivity contribution is 0.0466. The Labute approximate surface area is 100 Å². The molecule has 0 aliphatic heterocycles. The molecule has 0 saturated carbocycles. The Kier molecular flexibility index (Phi) is 3.60. The van der Waals surface area contributed by atoms with Gasteiger partial charge < -0.3 is 9.72 Å². The van der Waals surface area contributed by atoms with Crippen LogP contribution in [0.2, 0.25) is 0 Å². The first-order valence-electron chi connectivity index (χ1n) is 5.68. The molecule has 0 radical (unpaired) electrons. The van der Waals surface area contributed by atoms with Crippen LogP contribution >= 0.6 is 0 Å². The van der Waals surface area contributed by atoms with E-state index in [-0.39, 0.29) is 5.97 Å². The number of hydrogen-bond donors (Lipinski definition) is 1. The summed E-state index contributed by atoms with van der Waals surface area (Å²) in [5.41, 5.74) is 2.61. The molecule has 2 aromatic rings. The maximum absolute atomic E-state index is 11.7. The Balaban J connectivity index is 1.93. The van der Waals surface area contributed by atoms with Gasteiger partial charge in [-0.1, -0.05) is 37.3 Å². The summed E-state index contributed by atoms with van der Waals surface area (Å²) in [6.45, 7) is 2.35. The highest BCUT2D eigenvalue weighted by Gasteiger charge is 2.09. The van der Waals surface area contributed by atoms with Crippen molar-refractivity contribution in [2.24, 2.45) is 0 Å². The van der Waals surface area contributed by atoms with Crippen molar-refractivity contribution < 1.29 is 9.53 Å². The summed E-state index contributed by atoms with van der Waals surface area (Å²) in [7, 11) is 0. The molecule has 3 nitrogen and oxygen atoms in total. The summed E-state index contributed by atoms with van der Waals surface area (Å²) >= 11 is 0. The number of nitrogens with one attached hydrogen (secondary N) is 1. The minimum Gasteiger partial charge on any atom is -0.456 e. The second-order valence-corrected chi connectivity index (χ2v) is 3.84. The number of esters is 1. The molecule has 1 aromatic heterocycles. The molecule has 0 saturated heterocycles. The molecule has 0 amide bonds. The van der Waals surface area contributed by atoms with Crippen molar-refractivity contribution in [1.29, 1.82) is 0 Å². The van der Waals surface area contributed by atoms with E-state index in [0.29, 0.717) is 12.3 Å². The Morgan fingerprint density at radius 2 is 2.00 bits per heavy atom. The first-order chi connectivity index (χ1) is 8.29. The monoisotopic (exact) mass is 229 g/mol. The second-order valence-electron chi connectivity index (χ2n) is 3.84. The van der Waals surface area contributed by atoms with Crippen LogP contribution in [-0.2, 0) is 17.8 Å². The Morgan fingerprint density at radius 1 is 1.24 bits per heavy atom. The molecule has 1 N–H and O–H groups in total. The fraction of sp³-hybridized carbons (Fsp3) is 0.214. The number of carbonyl (C=O) groups is 1. The van der Waals surface area contributed by atoms with Crippen LogP contribution in [0.5, 0.6) is 0 Å². The van der Waals surface area contributed by atoms with Crippen molar-refractivity contribution in [1.82, 2.24) is 4.98 Å². The molecule has 1 heterocycles. The zero-order valence-electron chi connectivity index (χ0n) is 9.77. The topological polar surface area (TPSA) is 42.1 Å². The van der Waals surface area contributed by atoms with Gasteiger partial charge in [0.1, 0.15) is 12.3 Å². The molecule has 0 bridgehead atoms. The van der Waals surface area contributed by atoms with Crippen LogP contribution in [0.15, 0.2) is 42.6 Å². The largest absolute Gasteiger partial charge is 0.456 e. The SMILES string of the molecule is CCc1c[nH]c(C(=O)OCc2ccccc2)c1. The zero-order chi connectivity index (χ0) is 12.1. The summed E-state index contributed by atoms with van der Waals surface area (Å²) in [6.07, 6.45) is 2.74. The van der Waals surface area contributed by atoms with E-state index < -0.39 is 0 Å². The number of aromatic nitrogens is 1. The van der Waals surface area contributed by atoms with E-state index >= 15 is 0 Å². The van der Waals surface area contributed by atoms with E-state index in [1.807, 2.05) is 49.5 Å². The molecule has 0 fully saturated rings. The third-order valence-corrected chi connectivity index (χ3v) is 2.58. The molecule has 0 atom stereocenters. The molecule has 0 aliphatic carbocycles. The Bertz CT molecular complexity index is 488. The molecule has 17 heavy (non-hydrogen) atoms. The lowest BCUT2D eigenvalue weighted by Gasteiger charge is -2.02. The van der Waals surface area contributed by atoms with Gasteiger partial charge in [-0.3, -0.25) is 0 Å². The van der Waals surface area contributed by atoms with Gasteiger partial charge in [-0.25, -0.2) is 4.79 Å². The fourth-order valence-corrected chi connectivity index (χ4v) is 1.56. The van der Waals surface area contributed by atoms with Crippen molar-refractivity contribution >= 4 is 5.97 Å². The molecular formula is C14H15NO2. The summed E-state index contributed by atoms with van der Waals surface area (Å²) in [6, 6.07) is 11.5. The highest BCUT2D eigenvalue weighted by atomic mass is 16.5. The van der Waals surface area contributed by atoms with Gasteiger partial charge in [0.15, 0.2) is 0 Å². The summed E-state index contributed by atoms with van der Waals surface area (Å²) < 4.78 is 5.20. The van der Waals surface area contributed by atoms with Crippen molar-refractivity contribution in [3.8, 4) is 0 Å². The van der Waals surface area contributed by atoms with Crippen LogP contribution in [0.3, 0.4) is 0 Å². The Hall–Kier alpha value is -2.03. The minimum absolute atomic E-state index is 0.306. The van der Waals surface area contributed by atoms with Crippen LogP contribution in [0.1, 0.15) is 28.5 Å². The standard InChI is InChI=1S/C14H15NO2/c1-2-11-8-13(15-9-11)14(16)17-10-12-6-4-3-5-7-12/h3-9,15H,2,10H2,1H3. The molecule has 3 heteroatoms. The predicted molar refractivity (Wildman–Crippen MR) is 65.7 cm³/mol. The van der Waals surface area contributed by atoms with Crippen LogP contribution < -0.4 is 0 Å². The van der Waals surface area contributed by atoms with Crippen molar-refractivity contribution in [3.05, 3.63) is 59.4 Å². The van der Waals surface area contributed by atoms with E-state index in [2.05, 4.69) is 4.98 Å². The fourth-order valence-electron chi connectivity index (χ4n) is 1.56. The minimum atomic E-state index is -0.312. The maximum Gasteiger partial charge on any atom is 0.355 e. The molecule has 1 aromatic carbocycles. The maximum atomic E-state index is 11.7. The summed E-state index contributed by atoms with van der Waals surface area (Å²) in [4.78, 5) is 14.6. The van der Waals surface area contributed by atoms with Crippen LogP contribution in [0, 0.1) is 0 Å². The number of aryl methyl sites for hydroxylation is 1. The average Bonchev–Trinajstić information content (AvgIpc) is 2.86. The lowest BCUT2D eigenvalue weighted by atomic mass is 10.2. The first kappa shape index (κ1) is 11.5. The van der Waals surface area contributed by atoms with E-state index in [1.54, 1.807) is 0 Å². The van der Waals surface area contributed by atoms with E-state index in [9.17, 15) is 4.79 Å². The highest BCUT2D eigenvalue weighted by molar-refractivity contribution is 5.87. The normalized spacial score (nSPS) is 10.2. The molecule has 88 valence electrons. The molecule has 2 rings (SSSR count). The zero-order valence-corrected chi connectivity index (χ0v) is 9.77. The van der Waals surface area contributed by atoms with Crippen molar-refractivity contribution in [2.75, 3.05) is 0 Å². The Morgan fingerprint density at radius 3 is 2.65 bits per heavy atom. The number of benzene rings is 1. The van der Waals surface area contributed by atoms with Gasteiger partial charge in [-0.05, 0) is 23.6 Å². The predicted octanol–water partition coefficient (Wildman–Crippen LogP) is 2.93. The van der Waals surface area contributed by atoms with Gasteiger partial charge in [0.05, 0.1) is 0 Å². The molecule has 0 unspecified atom stereocenters. The van der Waals surface area contributed by atoms with Crippen molar-refractivity contribution in [3.63, 3.8) is 0 Å². The third-order valence-electron chi connectivity index (χ3n) is 2.58. The third kappa shape index (κ3) is 2.97. The van der Waals surface area contributed by atoms with Gasteiger partial charge in [-0.2, -0.15) is 0 Å². The van der Waals surface area contributed by atoms with Crippen LogP contribution in [-0.4, -0.2) is 11.0 Å². The number of aromatic amines is 1. The molecule has 0 aliphatic rings. The van der Waals surface area contributed by atoms with Gasteiger partial charge in [0, 0.05) is 6.20 Å². The van der Waals surface area contributed by atoms with E-state index in [1.165, 1.54) is 0 Å². The van der Waals surface area contributed by atoms with Gasteiger partial charge in [0.2, 0.25) is 0 Å². The number of carbonyl (C=O) groups excluding carboxylic acids is 1. The molecule has 0 spiro atoms. The lowest BCUT2D eigenvalue weighted by Crippen LogP contribution is -2.05. The number of H-pyrrole nitrogens is 1. The number of hydrogen-bond acceptors (Lipinski definition) is 2. The van der Waals surface area contributed by atoms with Crippen LogP contribution in [0.25, 0.3) is 0 Å². The van der Waals surface area contributed by atoms with Gasteiger partial charge in [-0.15, -0.1) is 0 Å². The number of ether oxygens (including phenoxy) is 1. The first-order valence-corrected chi connectivity index (χ1v) is 5.68. The smallest absolute Gasteiger partial charge is 0.355 e.